The van der Waals surface area contributed by atoms with Crippen LogP contribution in [0.1, 0.15) is 46.4 Å². The first kappa shape index (κ1) is 18.6. The minimum absolute atomic E-state index is 0.0847. The van der Waals surface area contributed by atoms with Crippen LogP contribution >= 0.6 is 0 Å². The number of halogens is 1. The van der Waals surface area contributed by atoms with E-state index in [-0.39, 0.29) is 11.6 Å². The standard InChI is InChI=1S/C20H22FNO3/c1-4-18(15-8-5-13(2)6-9-15)22-19(23)12-25-20(24)16-10-7-14(3)17(21)11-16/h5-11,18H,4,12H2,1-3H3,(H,22,23)/t18-/m0/s1. The average molecular weight is 343 g/mol. The Morgan fingerprint density at radius 1 is 1.12 bits per heavy atom. The van der Waals surface area contributed by atoms with E-state index in [0.29, 0.717) is 12.0 Å². The molecule has 1 amide bonds. The van der Waals surface area contributed by atoms with Gasteiger partial charge in [-0.3, -0.25) is 4.79 Å². The van der Waals surface area contributed by atoms with Crippen LogP contribution < -0.4 is 5.32 Å². The van der Waals surface area contributed by atoms with Gasteiger partial charge in [-0.15, -0.1) is 0 Å². The predicted molar refractivity (Wildman–Crippen MR) is 93.8 cm³/mol. The molecule has 4 nitrogen and oxygen atoms in total. The SMILES string of the molecule is CC[C@H](NC(=O)COC(=O)c1ccc(C)c(F)c1)c1ccc(C)cc1. The Labute approximate surface area is 147 Å². The molecule has 0 saturated heterocycles. The van der Waals surface area contributed by atoms with Crippen molar-refractivity contribution in [2.75, 3.05) is 6.61 Å². The maximum Gasteiger partial charge on any atom is 0.338 e. The number of ether oxygens (including phenoxy) is 1. The van der Waals surface area contributed by atoms with E-state index in [1.54, 1.807) is 6.92 Å². The minimum atomic E-state index is -0.725. The number of aryl methyl sites for hydroxylation is 2. The molecule has 0 saturated carbocycles. The van der Waals surface area contributed by atoms with Crippen LogP contribution in [0.4, 0.5) is 4.39 Å². The summed E-state index contributed by atoms with van der Waals surface area (Å²) < 4.78 is 18.5. The molecule has 0 heterocycles. The highest BCUT2D eigenvalue weighted by molar-refractivity contribution is 5.91. The number of rotatable bonds is 6. The number of hydrogen-bond acceptors (Lipinski definition) is 3. The molecule has 0 unspecified atom stereocenters. The van der Waals surface area contributed by atoms with Gasteiger partial charge >= 0.3 is 5.97 Å². The van der Waals surface area contributed by atoms with Crippen LogP contribution in [0.2, 0.25) is 0 Å². The maximum absolute atomic E-state index is 13.5. The summed E-state index contributed by atoms with van der Waals surface area (Å²) in [4.78, 5) is 24.0. The van der Waals surface area contributed by atoms with Gasteiger partial charge < -0.3 is 10.1 Å². The van der Waals surface area contributed by atoms with Gasteiger partial charge in [0.2, 0.25) is 0 Å². The van der Waals surface area contributed by atoms with Gasteiger partial charge in [-0.05, 0) is 43.5 Å². The Bertz CT molecular complexity index is 756. The first-order chi connectivity index (χ1) is 11.9. The molecule has 2 aromatic carbocycles. The largest absolute Gasteiger partial charge is 0.452 e. The van der Waals surface area contributed by atoms with Gasteiger partial charge in [-0.2, -0.15) is 0 Å². The lowest BCUT2D eigenvalue weighted by molar-refractivity contribution is -0.125. The Morgan fingerprint density at radius 2 is 1.80 bits per heavy atom. The van der Waals surface area contributed by atoms with Crippen molar-refractivity contribution in [3.8, 4) is 0 Å². The summed E-state index contributed by atoms with van der Waals surface area (Å²) in [6.07, 6.45) is 0.714. The molecule has 0 radical (unpaired) electrons. The van der Waals surface area contributed by atoms with Crippen LogP contribution in [-0.2, 0) is 9.53 Å². The third kappa shape index (κ3) is 5.14. The number of hydrogen-bond donors (Lipinski definition) is 1. The predicted octanol–water partition coefficient (Wildman–Crippen LogP) is 3.87. The van der Waals surface area contributed by atoms with Crippen molar-refractivity contribution < 1.29 is 18.7 Å². The fourth-order valence-electron chi connectivity index (χ4n) is 2.39. The van der Waals surface area contributed by atoms with E-state index in [9.17, 15) is 14.0 Å². The zero-order chi connectivity index (χ0) is 18.4. The van der Waals surface area contributed by atoms with E-state index in [0.717, 1.165) is 17.2 Å². The molecule has 25 heavy (non-hydrogen) atoms. The summed E-state index contributed by atoms with van der Waals surface area (Å²) in [6, 6.07) is 11.8. The van der Waals surface area contributed by atoms with Gasteiger partial charge in [0, 0.05) is 0 Å². The summed E-state index contributed by atoms with van der Waals surface area (Å²) >= 11 is 0. The van der Waals surface area contributed by atoms with E-state index in [1.165, 1.54) is 12.1 Å². The smallest absolute Gasteiger partial charge is 0.338 e. The molecule has 2 aromatic rings. The van der Waals surface area contributed by atoms with Crippen LogP contribution in [-0.4, -0.2) is 18.5 Å². The molecule has 0 fully saturated rings. The third-order valence-corrected chi connectivity index (χ3v) is 3.97. The summed E-state index contributed by atoms with van der Waals surface area (Å²) in [5.41, 5.74) is 2.66. The highest BCUT2D eigenvalue weighted by atomic mass is 19.1. The molecule has 0 bridgehead atoms. The Hall–Kier alpha value is -2.69. The molecule has 0 aliphatic heterocycles. The van der Waals surface area contributed by atoms with Crippen LogP contribution in [0.5, 0.6) is 0 Å². The van der Waals surface area contributed by atoms with Gasteiger partial charge in [0.1, 0.15) is 5.82 Å². The van der Waals surface area contributed by atoms with Crippen LogP contribution in [0.3, 0.4) is 0 Å². The molecule has 0 spiro atoms. The zero-order valence-corrected chi connectivity index (χ0v) is 14.6. The quantitative estimate of drug-likeness (QED) is 0.810. The van der Waals surface area contributed by atoms with Gasteiger partial charge in [-0.25, -0.2) is 9.18 Å². The minimum Gasteiger partial charge on any atom is -0.452 e. The molecule has 1 N–H and O–H groups in total. The first-order valence-corrected chi connectivity index (χ1v) is 8.20. The molecule has 5 heteroatoms. The topological polar surface area (TPSA) is 55.4 Å². The molecule has 2 rings (SSSR count). The van der Waals surface area contributed by atoms with Crippen molar-refractivity contribution in [1.29, 1.82) is 0 Å². The fourth-order valence-corrected chi connectivity index (χ4v) is 2.39. The lowest BCUT2D eigenvalue weighted by atomic mass is 10.0. The Morgan fingerprint density at radius 3 is 2.40 bits per heavy atom. The molecule has 0 aliphatic carbocycles. The monoisotopic (exact) mass is 343 g/mol. The molecular formula is C20H22FNO3. The van der Waals surface area contributed by atoms with Crippen LogP contribution in [0.15, 0.2) is 42.5 Å². The molecule has 0 aliphatic rings. The zero-order valence-electron chi connectivity index (χ0n) is 14.6. The number of amides is 1. The van der Waals surface area contributed by atoms with Gasteiger partial charge in [-0.1, -0.05) is 42.8 Å². The summed E-state index contributed by atoms with van der Waals surface area (Å²) in [7, 11) is 0. The second kappa shape index (κ2) is 8.42. The maximum atomic E-state index is 13.5. The first-order valence-electron chi connectivity index (χ1n) is 8.20. The van der Waals surface area contributed by atoms with Gasteiger partial charge in [0.15, 0.2) is 6.61 Å². The van der Waals surface area contributed by atoms with Crippen molar-refractivity contribution >= 4 is 11.9 Å². The van der Waals surface area contributed by atoms with Crippen molar-refractivity contribution in [1.82, 2.24) is 5.32 Å². The van der Waals surface area contributed by atoms with Gasteiger partial charge in [0.25, 0.3) is 5.91 Å². The third-order valence-electron chi connectivity index (χ3n) is 3.97. The Kier molecular flexibility index (Phi) is 6.28. The van der Waals surface area contributed by atoms with Crippen LogP contribution in [0.25, 0.3) is 0 Å². The van der Waals surface area contributed by atoms with E-state index >= 15 is 0 Å². The summed E-state index contributed by atoms with van der Waals surface area (Å²) in [6.45, 7) is 5.16. The number of carbonyl (C=O) groups is 2. The number of nitrogens with one attached hydrogen (secondary N) is 1. The van der Waals surface area contributed by atoms with E-state index in [4.69, 9.17) is 4.74 Å². The van der Waals surface area contributed by atoms with Crippen molar-refractivity contribution in [2.45, 2.75) is 33.2 Å². The van der Waals surface area contributed by atoms with Crippen molar-refractivity contribution in [2.24, 2.45) is 0 Å². The lowest BCUT2D eigenvalue weighted by Crippen LogP contribution is -2.32. The number of benzene rings is 2. The highest BCUT2D eigenvalue weighted by Gasteiger charge is 2.15. The van der Waals surface area contributed by atoms with Crippen molar-refractivity contribution in [3.63, 3.8) is 0 Å². The lowest BCUT2D eigenvalue weighted by Gasteiger charge is -2.17. The average Bonchev–Trinajstić information content (AvgIpc) is 2.60. The van der Waals surface area contributed by atoms with Gasteiger partial charge in [0.05, 0.1) is 11.6 Å². The molecular weight excluding hydrogens is 321 g/mol. The highest BCUT2D eigenvalue weighted by Crippen LogP contribution is 2.17. The number of esters is 1. The van der Waals surface area contributed by atoms with E-state index < -0.39 is 24.3 Å². The van der Waals surface area contributed by atoms with E-state index in [1.807, 2.05) is 38.1 Å². The Balaban J connectivity index is 1.91. The number of carbonyl (C=O) groups excluding carboxylic acids is 2. The second-order valence-electron chi connectivity index (χ2n) is 5.98. The van der Waals surface area contributed by atoms with E-state index in [2.05, 4.69) is 5.32 Å². The van der Waals surface area contributed by atoms with Crippen LogP contribution in [0, 0.1) is 19.7 Å². The van der Waals surface area contributed by atoms with Crippen molar-refractivity contribution in [3.05, 3.63) is 70.5 Å². The fraction of sp³-hybridized carbons (Fsp3) is 0.300. The summed E-state index contributed by atoms with van der Waals surface area (Å²) in [5.74, 6) is -1.60. The molecule has 0 aromatic heterocycles. The second-order valence-corrected chi connectivity index (χ2v) is 5.98. The summed E-state index contributed by atoms with van der Waals surface area (Å²) in [5, 5.41) is 2.84. The molecule has 132 valence electrons. The molecule has 1 atom stereocenters. The normalized spacial score (nSPS) is 11.7.